The maximum absolute atomic E-state index is 13.8. The van der Waals surface area contributed by atoms with E-state index in [-0.39, 0.29) is 25.3 Å². The monoisotopic (exact) mass is 955 g/mol. The Kier molecular flexibility index (Phi) is 22.8. The van der Waals surface area contributed by atoms with Crippen LogP contribution in [0.1, 0.15) is 99.8 Å². The average Bonchev–Trinajstić information content (AvgIpc) is 3.94. The second kappa shape index (κ2) is 26.6. The van der Waals surface area contributed by atoms with Gasteiger partial charge in [0.1, 0.15) is 48.3 Å². The van der Waals surface area contributed by atoms with E-state index >= 15 is 0 Å². The lowest BCUT2D eigenvalue weighted by molar-refractivity contribution is -0.147. The number of aliphatic carboxylic acids is 3. The molecule has 372 valence electrons. The smallest absolute Gasteiger partial charge is 0.326 e. The van der Waals surface area contributed by atoms with Crippen molar-refractivity contribution in [2.24, 2.45) is 23.5 Å². The summed E-state index contributed by atoms with van der Waals surface area (Å²) >= 11 is 1.38. The molecule has 2 saturated heterocycles. The number of carboxylic acids is 3. The average molecular weight is 956 g/mol. The minimum atomic E-state index is -1.70. The van der Waals surface area contributed by atoms with E-state index in [1.165, 1.54) is 23.6 Å². The minimum Gasteiger partial charge on any atom is -0.481 e. The number of nitrogens with zero attached hydrogens (tertiary/aromatic N) is 2. The van der Waals surface area contributed by atoms with Crippen molar-refractivity contribution < 1.29 is 68.1 Å². The Balaban J connectivity index is 2.20. The molecule has 0 radical (unpaired) electrons. The highest BCUT2D eigenvalue weighted by Crippen LogP contribution is 2.22. The standard InChI is InChI=1S/C42H69N9O14S/c1-20(2)31(43)41(63)51-17-10-12-28(51)37(59)49-33(22(5)6)38(60)45-24(13-14-29(52)53)35(57)44-23(7)34(56)48-32(21(3)4)39(61)47-26(19-30(54)55)40(62)50-16-9-11-27(50)36(58)46-25(42(64)65)15-18-66-8/h20-28,31-33H,9-19,43H2,1-8H3,(H,44,57)(H,45,60)(H,46,58)(H,47,61)(H,48,56)(H,49,59)(H,52,53)(H,54,55)(H,64,65)/t23-,24-,25-,26-,27-,28?,31-,32-,33-/m0/s1. The summed E-state index contributed by atoms with van der Waals surface area (Å²) in [5.74, 6) is -11.4. The topological polar surface area (TPSA) is 353 Å². The van der Waals surface area contributed by atoms with Crippen molar-refractivity contribution in [3.05, 3.63) is 0 Å². The molecular weight excluding hydrogens is 887 g/mol. The van der Waals surface area contributed by atoms with Gasteiger partial charge in [0.15, 0.2) is 0 Å². The maximum atomic E-state index is 13.8. The second-order valence-corrected chi connectivity index (χ2v) is 18.7. The van der Waals surface area contributed by atoms with Crippen molar-refractivity contribution in [2.75, 3.05) is 25.1 Å². The van der Waals surface area contributed by atoms with Gasteiger partial charge in [-0.15, -0.1) is 0 Å². The van der Waals surface area contributed by atoms with Crippen LogP contribution in [0, 0.1) is 17.8 Å². The fraction of sp³-hybridized carbons (Fsp3) is 0.738. The van der Waals surface area contributed by atoms with Crippen LogP contribution in [-0.2, 0) is 52.7 Å². The van der Waals surface area contributed by atoms with Gasteiger partial charge in [-0.2, -0.15) is 11.8 Å². The van der Waals surface area contributed by atoms with Gasteiger partial charge in [0.25, 0.3) is 0 Å². The molecule has 0 spiro atoms. The summed E-state index contributed by atoms with van der Waals surface area (Å²) in [5, 5.41) is 43.5. The van der Waals surface area contributed by atoms with Crippen LogP contribution >= 0.6 is 11.8 Å². The van der Waals surface area contributed by atoms with Gasteiger partial charge in [-0.05, 0) is 75.2 Å². The highest BCUT2D eigenvalue weighted by atomic mass is 32.2. The Morgan fingerprint density at radius 2 is 1.08 bits per heavy atom. The molecule has 2 fully saturated rings. The third kappa shape index (κ3) is 16.7. The van der Waals surface area contributed by atoms with E-state index in [9.17, 15) is 68.1 Å². The van der Waals surface area contributed by atoms with E-state index < -0.39 is 151 Å². The van der Waals surface area contributed by atoms with Crippen LogP contribution in [0.15, 0.2) is 0 Å². The van der Waals surface area contributed by atoms with Crippen molar-refractivity contribution in [1.82, 2.24) is 41.7 Å². The summed E-state index contributed by atoms with van der Waals surface area (Å²) in [4.78, 5) is 146. The molecule has 2 aliphatic rings. The first-order valence-corrected chi connectivity index (χ1v) is 23.6. The highest BCUT2D eigenvalue weighted by molar-refractivity contribution is 7.98. The number of likely N-dealkylation sites (tertiary alicyclic amines) is 2. The summed E-state index contributed by atoms with van der Waals surface area (Å²) < 4.78 is 0. The molecule has 0 aromatic carbocycles. The highest BCUT2D eigenvalue weighted by Gasteiger charge is 2.42. The molecule has 0 saturated carbocycles. The predicted octanol–water partition coefficient (Wildman–Crippen LogP) is -1.63. The summed E-state index contributed by atoms with van der Waals surface area (Å²) in [6.07, 6.45) is 1.33. The largest absolute Gasteiger partial charge is 0.481 e. The molecule has 66 heavy (non-hydrogen) atoms. The fourth-order valence-electron chi connectivity index (χ4n) is 7.46. The first-order chi connectivity index (χ1) is 30.8. The number of carbonyl (C=O) groups excluding carboxylic acids is 8. The first-order valence-electron chi connectivity index (χ1n) is 22.2. The van der Waals surface area contributed by atoms with Crippen molar-refractivity contribution in [3.63, 3.8) is 0 Å². The number of nitrogens with two attached hydrogens (primary N) is 1. The third-order valence-electron chi connectivity index (χ3n) is 11.4. The zero-order chi connectivity index (χ0) is 50.2. The summed E-state index contributed by atoms with van der Waals surface area (Å²) in [6, 6.07) is -11.4. The number of carbonyl (C=O) groups is 11. The number of hydrogen-bond donors (Lipinski definition) is 10. The van der Waals surface area contributed by atoms with Gasteiger partial charge in [-0.1, -0.05) is 41.5 Å². The number of amides is 8. The Bertz CT molecular complexity index is 1800. The maximum Gasteiger partial charge on any atom is 0.326 e. The summed E-state index contributed by atoms with van der Waals surface area (Å²) in [5.41, 5.74) is 6.07. The SMILES string of the molecule is CSCC[C@H](NC(=O)[C@@H]1CCCN1C(=O)[C@H](CC(=O)O)NC(=O)[C@@H](NC(=O)[C@H](C)NC(=O)[C@H](CCC(=O)O)NC(=O)[C@@H](NC(=O)C1CCCN1C(=O)[C@@H](N)C(C)C)C(C)C)C(C)C)C(=O)O. The Morgan fingerprint density at radius 3 is 1.55 bits per heavy atom. The minimum absolute atomic E-state index is 0.0171. The van der Waals surface area contributed by atoms with E-state index in [0.29, 0.717) is 31.6 Å². The predicted molar refractivity (Wildman–Crippen MR) is 239 cm³/mol. The lowest BCUT2D eigenvalue weighted by Crippen LogP contribution is -2.61. The molecule has 9 atom stereocenters. The molecule has 2 aliphatic heterocycles. The van der Waals surface area contributed by atoms with Crippen LogP contribution in [0.2, 0.25) is 0 Å². The summed E-state index contributed by atoms with van der Waals surface area (Å²) in [7, 11) is 0. The molecule has 0 aliphatic carbocycles. The molecule has 0 aromatic rings. The van der Waals surface area contributed by atoms with Crippen LogP contribution < -0.4 is 37.6 Å². The van der Waals surface area contributed by atoms with Gasteiger partial charge in [0.05, 0.1) is 12.5 Å². The number of carboxylic acid groups (broad SMARTS) is 3. The fourth-order valence-corrected chi connectivity index (χ4v) is 7.93. The molecule has 1 unspecified atom stereocenters. The van der Waals surface area contributed by atoms with Gasteiger partial charge in [0, 0.05) is 19.5 Å². The Morgan fingerprint density at radius 1 is 0.576 bits per heavy atom. The van der Waals surface area contributed by atoms with E-state index in [1.54, 1.807) is 47.8 Å². The van der Waals surface area contributed by atoms with E-state index in [0.717, 1.165) is 4.90 Å². The number of hydrogen-bond acceptors (Lipinski definition) is 13. The first kappa shape index (κ1) is 56.6. The van der Waals surface area contributed by atoms with Crippen LogP contribution in [0.3, 0.4) is 0 Å². The normalized spacial score (nSPS) is 19.2. The van der Waals surface area contributed by atoms with Crippen molar-refractivity contribution >= 4 is 76.9 Å². The quantitative estimate of drug-likeness (QED) is 0.0465. The number of rotatable bonds is 26. The molecule has 23 nitrogen and oxygen atoms in total. The molecule has 0 bridgehead atoms. The molecule has 2 heterocycles. The van der Waals surface area contributed by atoms with E-state index in [2.05, 4.69) is 31.9 Å². The van der Waals surface area contributed by atoms with Crippen molar-refractivity contribution in [2.45, 2.75) is 154 Å². The molecule has 11 N–H and O–H groups in total. The van der Waals surface area contributed by atoms with Crippen molar-refractivity contribution in [1.29, 1.82) is 0 Å². The molecular formula is C42H69N9O14S. The molecule has 8 amide bonds. The van der Waals surface area contributed by atoms with Gasteiger partial charge < -0.3 is 62.8 Å². The Hall–Kier alpha value is -5.52. The van der Waals surface area contributed by atoms with Crippen LogP contribution in [0.25, 0.3) is 0 Å². The molecule has 24 heteroatoms. The van der Waals surface area contributed by atoms with E-state index in [4.69, 9.17) is 5.73 Å². The summed E-state index contributed by atoms with van der Waals surface area (Å²) in [6.45, 7) is 11.5. The van der Waals surface area contributed by atoms with Crippen molar-refractivity contribution in [3.8, 4) is 0 Å². The lowest BCUT2D eigenvalue weighted by atomic mass is 10.0. The van der Waals surface area contributed by atoms with Crippen LogP contribution in [0.4, 0.5) is 0 Å². The molecule has 0 aromatic heterocycles. The van der Waals surface area contributed by atoms with Gasteiger partial charge in [0.2, 0.25) is 47.3 Å². The van der Waals surface area contributed by atoms with E-state index in [1.807, 2.05) is 0 Å². The third-order valence-corrected chi connectivity index (χ3v) is 12.1. The van der Waals surface area contributed by atoms with Crippen LogP contribution in [0.5, 0.6) is 0 Å². The number of nitrogens with one attached hydrogen (secondary N) is 6. The van der Waals surface area contributed by atoms with Gasteiger partial charge in [-0.3, -0.25) is 47.9 Å². The second-order valence-electron chi connectivity index (χ2n) is 17.7. The zero-order valence-electron chi connectivity index (χ0n) is 38.9. The lowest BCUT2D eigenvalue weighted by Gasteiger charge is -2.31. The van der Waals surface area contributed by atoms with Crippen LogP contribution in [-0.4, -0.2) is 170 Å². The Labute approximate surface area is 388 Å². The zero-order valence-corrected chi connectivity index (χ0v) is 39.7. The molecule has 2 rings (SSSR count). The van der Waals surface area contributed by atoms with Gasteiger partial charge >= 0.3 is 17.9 Å². The van der Waals surface area contributed by atoms with Gasteiger partial charge in [-0.25, -0.2) is 4.79 Å². The number of thioether (sulfide) groups is 1.